The Morgan fingerprint density at radius 3 is 2.57 bits per heavy atom. The lowest BCUT2D eigenvalue weighted by Gasteiger charge is -2.36. The third-order valence-electron chi connectivity index (χ3n) is 7.64. The van der Waals surface area contributed by atoms with Crippen LogP contribution in [0.2, 0.25) is 0 Å². The number of imide groups is 1. The zero-order chi connectivity index (χ0) is 24.6. The number of hydrogen-bond acceptors (Lipinski definition) is 7. The number of anilines is 2. The van der Waals surface area contributed by atoms with Crippen LogP contribution in [0.3, 0.4) is 0 Å². The molecule has 5 rings (SSSR count). The summed E-state index contributed by atoms with van der Waals surface area (Å²) in [6.45, 7) is 11.5. The van der Waals surface area contributed by atoms with Gasteiger partial charge < -0.3 is 10.2 Å². The number of aliphatic imine (C=N–C) groups is 1. The number of hydrogen-bond donors (Lipinski definition) is 1. The van der Waals surface area contributed by atoms with Crippen molar-refractivity contribution in [3.63, 3.8) is 0 Å². The molecular formula is C27H35N5O2S. The molecule has 0 bridgehead atoms. The van der Waals surface area contributed by atoms with Crippen molar-refractivity contribution in [1.29, 1.82) is 0 Å². The fourth-order valence-electron chi connectivity index (χ4n) is 5.22. The number of carbonyl (C=O) groups excluding carboxylic acids is 2. The van der Waals surface area contributed by atoms with Crippen molar-refractivity contribution in [2.45, 2.75) is 46.5 Å². The largest absolute Gasteiger partial charge is 0.353 e. The molecule has 2 saturated heterocycles. The Morgan fingerprint density at radius 1 is 1.09 bits per heavy atom. The van der Waals surface area contributed by atoms with E-state index in [2.05, 4.69) is 40.2 Å². The van der Waals surface area contributed by atoms with Crippen molar-refractivity contribution in [3.8, 4) is 0 Å². The van der Waals surface area contributed by atoms with E-state index in [1.165, 1.54) is 20.3 Å². The van der Waals surface area contributed by atoms with E-state index in [1.807, 2.05) is 26.0 Å². The van der Waals surface area contributed by atoms with Crippen molar-refractivity contribution < 1.29 is 9.59 Å². The Kier molecular flexibility index (Phi) is 6.68. The molecular weight excluding hydrogens is 458 g/mol. The van der Waals surface area contributed by atoms with Gasteiger partial charge in [0.15, 0.2) is 0 Å². The Labute approximate surface area is 211 Å². The molecule has 8 heteroatoms. The van der Waals surface area contributed by atoms with Gasteiger partial charge in [0, 0.05) is 44.0 Å². The quantitative estimate of drug-likeness (QED) is 0.464. The van der Waals surface area contributed by atoms with Gasteiger partial charge in [-0.05, 0) is 50.9 Å². The van der Waals surface area contributed by atoms with Gasteiger partial charge in [0.2, 0.25) is 11.8 Å². The number of aryl methyl sites for hydroxylation is 1. The molecule has 1 aromatic carbocycles. The van der Waals surface area contributed by atoms with Gasteiger partial charge in [-0.15, -0.1) is 11.3 Å². The topological polar surface area (TPSA) is 68.2 Å². The summed E-state index contributed by atoms with van der Waals surface area (Å²) in [5.41, 5.74) is 2.73. The van der Waals surface area contributed by atoms with E-state index in [0.29, 0.717) is 13.0 Å². The van der Waals surface area contributed by atoms with Gasteiger partial charge in [-0.25, -0.2) is 4.99 Å². The number of nitrogens with zero attached hydrogens (tertiary/aromatic N) is 4. The number of thiophene rings is 1. The lowest BCUT2D eigenvalue weighted by molar-refractivity contribution is -0.141. The predicted molar refractivity (Wildman–Crippen MR) is 142 cm³/mol. The highest BCUT2D eigenvalue weighted by Crippen LogP contribution is 2.39. The monoisotopic (exact) mass is 493 g/mol. The normalized spacial score (nSPS) is 22.5. The second kappa shape index (κ2) is 9.74. The van der Waals surface area contributed by atoms with Crippen LogP contribution in [-0.4, -0.2) is 71.6 Å². The molecule has 3 aliphatic heterocycles. The third-order valence-corrected chi connectivity index (χ3v) is 8.60. The van der Waals surface area contributed by atoms with Gasteiger partial charge in [-0.3, -0.25) is 19.4 Å². The molecule has 0 spiro atoms. The van der Waals surface area contributed by atoms with E-state index < -0.39 is 5.41 Å². The Hall–Kier alpha value is -2.71. The first-order chi connectivity index (χ1) is 16.9. The third kappa shape index (κ3) is 4.74. The number of nitrogens with one attached hydrogen (secondary N) is 1. The van der Waals surface area contributed by atoms with Gasteiger partial charge in [-0.1, -0.05) is 26.0 Å². The summed E-state index contributed by atoms with van der Waals surface area (Å²) < 4.78 is 0. The van der Waals surface area contributed by atoms with Crippen LogP contribution in [0.1, 0.15) is 50.0 Å². The minimum Gasteiger partial charge on any atom is -0.353 e. The maximum absolute atomic E-state index is 12.6. The first-order valence-corrected chi connectivity index (χ1v) is 13.6. The van der Waals surface area contributed by atoms with Crippen molar-refractivity contribution in [1.82, 2.24) is 14.7 Å². The van der Waals surface area contributed by atoms with Gasteiger partial charge in [0.05, 0.1) is 22.4 Å². The lowest BCUT2D eigenvalue weighted by atomic mass is 9.86. The molecule has 1 aromatic heterocycles. The van der Waals surface area contributed by atoms with Crippen LogP contribution in [0, 0.1) is 12.3 Å². The number of benzene rings is 1. The first-order valence-electron chi connectivity index (χ1n) is 12.8. The Morgan fingerprint density at radius 2 is 1.83 bits per heavy atom. The number of para-hydroxylation sites is 2. The zero-order valence-electron chi connectivity index (χ0n) is 21.0. The average molecular weight is 494 g/mol. The van der Waals surface area contributed by atoms with Crippen molar-refractivity contribution in [2.75, 3.05) is 44.6 Å². The molecule has 0 saturated carbocycles. The summed E-state index contributed by atoms with van der Waals surface area (Å²) in [5.74, 6) is 1.07. The predicted octanol–water partition coefficient (Wildman–Crippen LogP) is 4.76. The van der Waals surface area contributed by atoms with Gasteiger partial charge >= 0.3 is 0 Å². The van der Waals surface area contributed by atoms with Gasteiger partial charge in [0.1, 0.15) is 10.8 Å². The Balaban J connectivity index is 1.16. The van der Waals surface area contributed by atoms with Crippen molar-refractivity contribution in [3.05, 3.63) is 40.8 Å². The molecule has 35 heavy (non-hydrogen) atoms. The highest BCUT2D eigenvalue weighted by Gasteiger charge is 2.46. The number of piperazine rings is 1. The molecule has 3 aliphatic rings. The number of carbonyl (C=O) groups is 2. The molecule has 2 amide bonds. The standard InChI is InChI=1S/C27H35N5O2S/c1-4-27(3)18-23(33)32(26(27)34)12-8-7-11-30-13-15-31(16-14-30)24-20-17-19(2)35-25(20)29-22-10-6-5-9-21(22)28-24/h5-6,9-10,17,29H,4,7-8,11-16,18H2,1-3H3. The zero-order valence-corrected chi connectivity index (χ0v) is 21.8. The van der Waals surface area contributed by atoms with Crippen LogP contribution >= 0.6 is 11.3 Å². The van der Waals surface area contributed by atoms with Crippen molar-refractivity contribution in [2.24, 2.45) is 10.4 Å². The number of rotatable bonds is 6. The van der Waals surface area contributed by atoms with Crippen LogP contribution in [0.4, 0.5) is 16.4 Å². The number of amides is 2. The number of fused-ring (bicyclic) bond motifs is 2. The lowest BCUT2D eigenvalue weighted by Crippen LogP contribution is -2.49. The summed E-state index contributed by atoms with van der Waals surface area (Å²) in [6.07, 6.45) is 2.94. The second-order valence-electron chi connectivity index (χ2n) is 10.2. The number of likely N-dealkylation sites (tertiary alicyclic amines) is 1. The van der Waals surface area contributed by atoms with Gasteiger partial charge in [0.25, 0.3) is 0 Å². The molecule has 2 fully saturated rings. The number of unbranched alkanes of at least 4 members (excludes halogenated alkanes) is 1. The Bertz CT molecular complexity index is 1150. The van der Waals surface area contributed by atoms with E-state index in [9.17, 15) is 9.59 Å². The van der Waals surface area contributed by atoms with E-state index >= 15 is 0 Å². The smallest absolute Gasteiger partial charge is 0.235 e. The first kappa shape index (κ1) is 24.0. The van der Waals surface area contributed by atoms with E-state index in [4.69, 9.17) is 4.99 Å². The maximum atomic E-state index is 12.6. The molecule has 7 nitrogen and oxygen atoms in total. The molecule has 0 aliphatic carbocycles. The molecule has 186 valence electrons. The molecule has 1 unspecified atom stereocenters. The van der Waals surface area contributed by atoms with E-state index in [1.54, 1.807) is 11.3 Å². The molecule has 2 aromatic rings. The molecule has 1 atom stereocenters. The minimum atomic E-state index is -0.495. The summed E-state index contributed by atoms with van der Waals surface area (Å²) >= 11 is 1.78. The van der Waals surface area contributed by atoms with Gasteiger partial charge in [-0.2, -0.15) is 0 Å². The van der Waals surface area contributed by atoms with Crippen LogP contribution in [0.25, 0.3) is 0 Å². The minimum absolute atomic E-state index is 0.00348. The fourth-order valence-corrected chi connectivity index (χ4v) is 6.14. The average Bonchev–Trinajstić information content (AvgIpc) is 3.26. The second-order valence-corrected chi connectivity index (χ2v) is 11.4. The van der Waals surface area contributed by atoms with Crippen LogP contribution < -0.4 is 5.32 Å². The van der Waals surface area contributed by atoms with Crippen molar-refractivity contribution >= 4 is 45.4 Å². The van der Waals surface area contributed by atoms with E-state index in [0.717, 1.165) is 69.2 Å². The summed E-state index contributed by atoms with van der Waals surface area (Å²) in [7, 11) is 0. The van der Waals surface area contributed by atoms with Crippen LogP contribution in [-0.2, 0) is 9.59 Å². The molecule has 1 N–H and O–H groups in total. The summed E-state index contributed by atoms with van der Waals surface area (Å²) in [6, 6.07) is 10.5. The van der Waals surface area contributed by atoms with Crippen LogP contribution in [0.5, 0.6) is 0 Å². The van der Waals surface area contributed by atoms with E-state index in [-0.39, 0.29) is 11.8 Å². The highest BCUT2D eigenvalue weighted by atomic mass is 32.1. The SMILES string of the molecule is CCC1(C)CC(=O)N(CCCCN2CCN(C3=Nc4ccccc4Nc4sc(C)cc43)CC2)C1=O. The summed E-state index contributed by atoms with van der Waals surface area (Å²) in [4.78, 5) is 37.7. The van der Waals surface area contributed by atoms with Crippen LogP contribution in [0.15, 0.2) is 35.3 Å². The summed E-state index contributed by atoms with van der Waals surface area (Å²) in [5, 5.41) is 4.75. The highest BCUT2D eigenvalue weighted by molar-refractivity contribution is 7.16. The fraction of sp³-hybridized carbons (Fsp3) is 0.519. The molecule has 4 heterocycles. The number of amidine groups is 1. The maximum Gasteiger partial charge on any atom is 0.235 e. The molecule has 0 radical (unpaired) electrons.